The Kier molecular flexibility index (Phi) is 7.33. The molecule has 4 heteroatoms. The third kappa shape index (κ3) is 5.59. The van der Waals surface area contributed by atoms with Gasteiger partial charge in [-0.15, -0.1) is 0 Å². The minimum absolute atomic E-state index is 0.105. The van der Waals surface area contributed by atoms with Gasteiger partial charge in [-0.1, -0.05) is 32.9 Å². The van der Waals surface area contributed by atoms with Crippen LogP contribution in [0.3, 0.4) is 0 Å². The molecule has 0 radical (unpaired) electrons. The van der Waals surface area contributed by atoms with Crippen molar-refractivity contribution in [1.29, 1.82) is 0 Å². The van der Waals surface area contributed by atoms with E-state index in [1.54, 1.807) is 0 Å². The molecule has 0 spiro atoms. The number of aromatic hydroxyl groups is 1. The van der Waals surface area contributed by atoms with Crippen LogP contribution in [0.4, 0.5) is 0 Å². The Bertz CT molecular complexity index is 458. The number of phenolic OH excluding ortho intramolecular Hbond substituents is 1. The van der Waals surface area contributed by atoms with Crippen LogP contribution in [0.5, 0.6) is 5.75 Å². The van der Waals surface area contributed by atoms with E-state index < -0.39 is 0 Å². The van der Waals surface area contributed by atoms with Crippen LogP contribution in [0.25, 0.3) is 0 Å². The fourth-order valence-electron chi connectivity index (χ4n) is 2.63. The van der Waals surface area contributed by atoms with Crippen molar-refractivity contribution in [2.75, 3.05) is 26.3 Å². The second-order valence-electron chi connectivity index (χ2n) is 6.99. The fraction of sp³-hybridized carbons (Fsp3) is 0.667. The molecule has 0 saturated heterocycles. The molecule has 22 heavy (non-hydrogen) atoms. The summed E-state index contributed by atoms with van der Waals surface area (Å²) in [6.07, 6.45) is 1.46. The zero-order valence-electron chi connectivity index (χ0n) is 14.4. The Morgan fingerprint density at radius 2 is 1.55 bits per heavy atom. The second kappa shape index (κ2) is 8.51. The van der Waals surface area contributed by atoms with Gasteiger partial charge in [0, 0.05) is 32.8 Å². The zero-order chi connectivity index (χ0) is 16.8. The zero-order valence-corrected chi connectivity index (χ0v) is 14.4. The maximum Gasteiger partial charge on any atom is 0.122 e. The van der Waals surface area contributed by atoms with Crippen molar-refractivity contribution in [3.8, 4) is 5.75 Å². The lowest BCUT2D eigenvalue weighted by molar-refractivity contribution is 0.196. The van der Waals surface area contributed by atoms with Crippen LogP contribution in [-0.4, -0.2) is 46.5 Å². The van der Waals surface area contributed by atoms with Crippen molar-refractivity contribution in [2.24, 2.45) is 0 Å². The van der Waals surface area contributed by atoms with Crippen LogP contribution in [0.15, 0.2) is 12.1 Å². The SMILES string of the molecule is Cc1cc(CN(CCCO)CCCO)cc(C(C)(C)C)c1O. The third-order valence-electron chi connectivity index (χ3n) is 3.84. The molecular formula is C18H31NO3. The summed E-state index contributed by atoms with van der Waals surface area (Å²) in [7, 11) is 0. The van der Waals surface area contributed by atoms with Gasteiger partial charge in [0.25, 0.3) is 0 Å². The summed E-state index contributed by atoms with van der Waals surface area (Å²) in [6, 6.07) is 4.10. The van der Waals surface area contributed by atoms with Crippen molar-refractivity contribution in [3.05, 3.63) is 28.8 Å². The molecule has 0 aliphatic heterocycles. The highest BCUT2D eigenvalue weighted by atomic mass is 16.3. The molecule has 126 valence electrons. The Balaban J connectivity index is 2.96. The van der Waals surface area contributed by atoms with Gasteiger partial charge in [0.15, 0.2) is 0 Å². The molecule has 0 heterocycles. The number of rotatable bonds is 8. The Labute approximate surface area is 134 Å². The maximum atomic E-state index is 10.3. The van der Waals surface area contributed by atoms with Crippen LogP contribution in [0.2, 0.25) is 0 Å². The molecule has 4 nitrogen and oxygen atoms in total. The topological polar surface area (TPSA) is 63.9 Å². The Morgan fingerprint density at radius 1 is 1.00 bits per heavy atom. The van der Waals surface area contributed by atoms with Crippen LogP contribution in [0, 0.1) is 6.92 Å². The first-order valence-corrected chi connectivity index (χ1v) is 8.06. The summed E-state index contributed by atoms with van der Waals surface area (Å²) in [5, 5.41) is 28.4. The number of hydrogen-bond donors (Lipinski definition) is 3. The summed E-state index contributed by atoms with van der Waals surface area (Å²) >= 11 is 0. The fourth-order valence-corrected chi connectivity index (χ4v) is 2.63. The molecule has 0 saturated carbocycles. The maximum absolute atomic E-state index is 10.3. The third-order valence-corrected chi connectivity index (χ3v) is 3.84. The number of phenols is 1. The summed E-state index contributed by atoms with van der Waals surface area (Å²) in [6.45, 7) is 11.0. The summed E-state index contributed by atoms with van der Waals surface area (Å²) in [5.74, 6) is 0.383. The molecule has 1 aromatic carbocycles. The number of aliphatic hydroxyl groups is 2. The predicted octanol–water partition coefficient (Wildman–Crippen LogP) is 2.56. The molecule has 0 unspecified atom stereocenters. The van der Waals surface area contributed by atoms with E-state index in [2.05, 4.69) is 31.7 Å². The molecule has 0 aromatic heterocycles. The summed E-state index contributed by atoms with van der Waals surface area (Å²) < 4.78 is 0. The highest BCUT2D eigenvalue weighted by Gasteiger charge is 2.20. The second-order valence-corrected chi connectivity index (χ2v) is 6.99. The Hall–Kier alpha value is -1.10. The van der Waals surface area contributed by atoms with Crippen LogP contribution in [0.1, 0.15) is 50.3 Å². The van der Waals surface area contributed by atoms with Crippen LogP contribution < -0.4 is 0 Å². The van der Waals surface area contributed by atoms with Gasteiger partial charge < -0.3 is 15.3 Å². The molecule has 0 bridgehead atoms. The van der Waals surface area contributed by atoms with E-state index in [0.29, 0.717) is 5.75 Å². The van der Waals surface area contributed by atoms with E-state index >= 15 is 0 Å². The van der Waals surface area contributed by atoms with Gasteiger partial charge in [-0.25, -0.2) is 0 Å². The lowest BCUT2D eigenvalue weighted by Gasteiger charge is -2.26. The normalized spacial score (nSPS) is 12.1. The average Bonchev–Trinajstić information content (AvgIpc) is 2.44. The first-order valence-electron chi connectivity index (χ1n) is 8.06. The molecule has 0 aliphatic rings. The smallest absolute Gasteiger partial charge is 0.122 e. The average molecular weight is 309 g/mol. The minimum Gasteiger partial charge on any atom is -0.507 e. The number of hydrogen-bond acceptors (Lipinski definition) is 4. The lowest BCUT2D eigenvalue weighted by atomic mass is 9.84. The first kappa shape index (κ1) is 18.9. The largest absolute Gasteiger partial charge is 0.507 e. The van der Waals surface area contributed by atoms with Gasteiger partial charge >= 0.3 is 0 Å². The van der Waals surface area contributed by atoms with E-state index in [4.69, 9.17) is 10.2 Å². The minimum atomic E-state index is -0.105. The highest BCUT2D eigenvalue weighted by molar-refractivity contribution is 5.46. The standard InChI is InChI=1S/C18H31NO3/c1-14-11-15(12-16(17(14)22)18(2,3)4)13-19(7-5-9-20)8-6-10-21/h11-12,20-22H,5-10,13H2,1-4H3. The molecule has 3 N–H and O–H groups in total. The quantitative estimate of drug-likeness (QED) is 0.690. The summed E-state index contributed by atoms with van der Waals surface area (Å²) in [5.41, 5.74) is 2.92. The summed E-state index contributed by atoms with van der Waals surface area (Å²) in [4.78, 5) is 2.24. The van der Waals surface area contributed by atoms with Gasteiger partial charge in [-0.3, -0.25) is 4.90 Å². The first-order chi connectivity index (χ1) is 10.3. The van der Waals surface area contributed by atoms with Crippen molar-refractivity contribution in [3.63, 3.8) is 0 Å². The van der Waals surface area contributed by atoms with Gasteiger partial charge in [0.05, 0.1) is 0 Å². The highest BCUT2D eigenvalue weighted by Crippen LogP contribution is 2.34. The van der Waals surface area contributed by atoms with Crippen molar-refractivity contribution in [2.45, 2.75) is 52.5 Å². The Morgan fingerprint density at radius 3 is 2.00 bits per heavy atom. The van der Waals surface area contributed by atoms with Crippen molar-refractivity contribution >= 4 is 0 Å². The van der Waals surface area contributed by atoms with Gasteiger partial charge in [-0.2, -0.15) is 0 Å². The molecule has 1 aromatic rings. The molecule has 0 fully saturated rings. The molecular weight excluding hydrogens is 278 g/mol. The van der Waals surface area contributed by atoms with Crippen LogP contribution >= 0.6 is 0 Å². The van der Waals surface area contributed by atoms with Crippen molar-refractivity contribution in [1.82, 2.24) is 4.90 Å². The number of benzene rings is 1. The molecule has 0 aliphatic carbocycles. The van der Waals surface area contributed by atoms with E-state index in [1.807, 2.05) is 13.0 Å². The van der Waals surface area contributed by atoms with E-state index in [9.17, 15) is 5.11 Å². The van der Waals surface area contributed by atoms with Gasteiger partial charge in [0.1, 0.15) is 5.75 Å². The number of aryl methyl sites for hydroxylation is 1. The molecule has 1 rings (SSSR count). The van der Waals surface area contributed by atoms with E-state index in [-0.39, 0.29) is 18.6 Å². The number of aliphatic hydroxyl groups excluding tert-OH is 2. The van der Waals surface area contributed by atoms with Gasteiger partial charge in [-0.05, 0) is 41.9 Å². The van der Waals surface area contributed by atoms with E-state index in [0.717, 1.165) is 49.2 Å². The van der Waals surface area contributed by atoms with Gasteiger partial charge in [0.2, 0.25) is 0 Å². The lowest BCUT2D eigenvalue weighted by Crippen LogP contribution is -2.27. The molecule has 0 amide bonds. The van der Waals surface area contributed by atoms with E-state index in [1.165, 1.54) is 0 Å². The molecule has 0 atom stereocenters. The predicted molar refractivity (Wildman–Crippen MR) is 90.2 cm³/mol. The number of nitrogens with zero attached hydrogens (tertiary/aromatic N) is 1. The van der Waals surface area contributed by atoms with Crippen LogP contribution in [-0.2, 0) is 12.0 Å². The van der Waals surface area contributed by atoms with Crippen molar-refractivity contribution < 1.29 is 15.3 Å². The monoisotopic (exact) mass is 309 g/mol.